The molecule has 2 aliphatic heterocycles. The summed E-state index contributed by atoms with van der Waals surface area (Å²) in [5.41, 5.74) is 1.25. The Kier molecular flexibility index (Phi) is 8.25. The van der Waals surface area contributed by atoms with Gasteiger partial charge in [-0.15, -0.1) is 24.0 Å². The van der Waals surface area contributed by atoms with E-state index in [9.17, 15) is 0 Å². The lowest BCUT2D eigenvalue weighted by Crippen LogP contribution is -2.46. The van der Waals surface area contributed by atoms with Gasteiger partial charge in [-0.05, 0) is 24.1 Å². The maximum absolute atomic E-state index is 5.46. The lowest BCUT2D eigenvalue weighted by atomic mass is 10.2. The van der Waals surface area contributed by atoms with Crippen LogP contribution in [0.3, 0.4) is 0 Å². The van der Waals surface area contributed by atoms with Gasteiger partial charge in [-0.3, -0.25) is 9.89 Å². The predicted molar refractivity (Wildman–Crippen MR) is 112 cm³/mol. The van der Waals surface area contributed by atoms with Gasteiger partial charge in [0.25, 0.3) is 0 Å². The van der Waals surface area contributed by atoms with Crippen molar-refractivity contribution in [1.82, 2.24) is 15.1 Å². The van der Waals surface area contributed by atoms with Gasteiger partial charge in [0, 0.05) is 50.3 Å². The molecule has 0 saturated carbocycles. The van der Waals surface area contributed by atoms with Gasteiger partial charge >= 0.3 is 0 Å². The van der Waals surface area contributed by atoms with E-state index < -0.39 is 0 Å². The van der Waals surface area contributed by atoms with Crippen LogP contribution in [0.4, 0.5) is 0 Å². The minimum Gasteiger partial charge on any atom is -0.379 e. The molecular weight excluding hydrogens is 483 g/mol. The average Bonchev–Trinajstić information content (AvgIpc) is 3.06. The van der Waals surface area contributed by atoms with E-state index in [4.69, 9.17) is 4.74 Å². The van der Waals surface area contributed by atoms with Crippen molar-refractivity contribution in [3.05, 3.63) is 34.3 Å². The maximum Gasteiger partial charge on any atom is 0.193 e. The first-order valence-electron chi connectivity index (χ1n) is 8.28. The first kappa shape index (κ1) is 19.9. The standard InChI is InChI=1S/C17H25BrN4O.HI/c1-19-17(20-12-14-3-2-4-15(18)11-14)22-6-5-16(13-22)21-7-9-23-10-8-21;/h2-4,11,16H,5-10,12-13H2,1H3,(H,19,20);1H. The minimum absolute atomic E-state index is 0. The number of halogens is 2. The number of nitrogens with zero attached hydrogens (tertiary/aromatic N) is 3. The summed E-state index contributed by atoms with van der Waals surface area (Å²) in [5, 5.41) is 3.49. The molecule has 0 bridgehead atoms. The topological polar surface area (TPSA) is 40.1 Å². The van der Waals surface area contributed by atoms with Crippen LogP contribution in [0.2, 0.25) is 0 Å². The highest BCUT2D eigenvalue weighted by Gasteiger charge is 2.30. The molecule has 1 aromatic carbocycles. The summed E-state index contributed by atoms with van der Waals surface area (Å²) in [7, 11) is 1.87. The fourth-order valence-electron chi connectivity index (χ4n) is 3.34. The number of rotatable bonds is 3. The fourth-order valence-corrected chi connectivity index (χ4v) is 3.78. The zero-order valence-corrected chi connectivity index (χ0v) is 18.0. The lowest BCUT2D eigenvalue weighted by Gasteiger charge is -2.32. The molecule has 0 radical (unpaired) electrons. The molecule has 2 saturated heterocycles. The Labute approximate surface area is 170 Å². The van der Waals surface area contributed by atoms with Crippen molar-refractivity contribution < 1.29 is 4.74 Å². The molecule has 0 amide bonds. The third kappa shape index (κ3) is 5.31. The second kappa shape index (κ2) is 9.94. The maximum atomic E-state index is 5.46. The zero-order valence-electron chi connectivity index (χ0n) is 14.1. The van der Waals surface area contributed by atoms with Crippen molar-refractivity contribution in [3.63, 3.8) is 0 Å². The van der Waals surface area contributed by atoms with Crippen molar-refractivity contribution in [2.45, 2.75) is 19.0 Å². The fraction of sp³-hybridized carbons (Fsp3) is 0.588. The summed E-state index contributed by atoms with van der Waals surface area (Å²) < 4.78 is 6.57. The SMILES string of the molecule is CN=C(NCc1cccc(Br)c1)N1CCC(N2CCOCC2)C1.I. The summed E-state index contributed by atoms with van der Waals surface area (Å²) in [5.74, 6) is 1.00. The predicted octanol–water partition coefficient (Wildman–Crippen LogP) is 2.55. The molecule has 2 fully saturated rings. The van der Waals surface area contributed by atoms with Crippen LogP contribution in [0.1, 0.15) is 12.0 Å². The van der Waals surface area contributed by atoms with Gasteiger partial charge in [0.15, 0.2) is 5.96 Å². The van der Waals surface area contributed by atoms with E-state index in [1.807, 2.05) is 13.1 Å². The average molecular weight is 509 g/mol. The van der Waals surface area contributed by atoms with E-state index in [-0.39, 0.29) is 24.0 Å². The van der Waals surface area contributed by atoms with Crippen LogP contribution in [-0.4, -0.2) is 68.2 Å². The Morgan fingerprint density at radius 3 is 2.83 bits per heavy atom. The summed E-state index contributed by atoms with van der Waals surface area (Å²) in [6.07, 6.45) is 1.21. The van der Waals surface area contributed by atoms with E-state index in [2.05, 4.69) is 54.2 Å². The second-order valence-electron chi connectivity index (χ2n) is 6.07. The van der Waals surface area contributed by atoms with Crippen LogP contribution in [0.15, 0.2) is 33.7 Å². The molecule has 0 aromatic heterocycles. The van der Waals surface area contributed by atoms with Gasteiger partial charge in [0.05, 0.1) is 13.2 Å². The molecule has 1 unspecified atom stereocenters. The Morgan fingerprint density at radius 2 is 2.12 bits per heavy atom. The Bertz CT molecular complexity index is 551. The molecular formula is C17H26BrIN4O. The van der Waals surface area contributed by atoms with Gasteiger partial charge in [0.2, 0.25) is 0 Å². The van der Waals surface area contributed by atoms with Gasteiger partial charge in [-0.2, -0.15) is 0 Å². The van der Waals surface area contributed by atoms with Gasteiger partial charge in [0.1, 0.15) is 0 Å². The van der Waals surface area contributed by atoms with Crippen LogP contribution in [0.25, 0.3) is 0 Å². The molecule has 3 rings (SSSR count). The van der Waals surface area contributed by atoms with Crippen molar-refractivity contribution in [2.24, 2.45) is 4.99 Å². The molecule has 24 heavy (non-hydrogen) atoms. The molecule has 1 N–H and O–H groups in total. The first-order chi connectivity index (χ1) is 11.3. The van der Waals surface area contributed by atoms with Crippen molar-refractivity contribution in [3.8, 4) is 0 Å². The van der Waals surface area contributed by atoms with E-state index in [1.165, 1.54) is 12.0 Å². The third-order valence-corrected chi connectivity index (χ3v) is 5.07. The summed E-state index contributed by atoms with van der Waals surface area (Å²) >= 11 is 3.52. The highest BCUT2D eigenvalue weighted by Crippen LogP contribution is 2.17. The monoisotopic (exact) mass is 508 g/mol. The van der Waals surface area contributed by atoms with E-state index in [0.717, 1.165) is 56.4 Å². The van der Waals surface area contributed by atoms with Gasteiger partial charge in [-0.1, -0.05) is 28.1 Å². The molecule has 7 heteroatoms. The van der Waals surface area contributed by atoms with E-state index in [1.54, 1.807) is 0 Å². The number of hydrogen-bond acceptors (Lipinski definition) is 3. The minimum atomic E-state index is 0. The smallest absolute Gasteiger partial charge is 0.193 e. The Balaban J connectivity index is 0.00000208. The highest BCUT2D eigenvalue weighted by molar-refractivity contribution is 14.0. The van der Waals surface area contributed by atoms with Crippen LogP contribution in [0.5, 0.6) is 0 Å². The number of benzene rings is 1. The summed E-state index contributed by atoms with van der Waals surface area (Å²) in [6, 6.07) is 9.01. The quantitative estimate of drug-likeness (QED) is 0.387. The number of aliphatic imine (C=N–C) groups is 1. The van der Waals surface area contributed by atoms with Crippen molar-refractivity contribution >= 4 is 45.9 Å². The summed E-state index contributed by atoms with van der Waals surface area (Å²) in [6.45, 7) is 6.77. The largest absolute Gasteiger partial charge is 0.379 e. The number of hydrogen-bond donors (Lipinski definition) is 1. The van der Waals surface area contributed by atoms with Gasteiger partial charge < -0.3 is 15.0 Å². The molecule has 134 valence electrons. The molecule has 2 aliphatic rings. The molecule has 1 atom stereocenters. The third-order valence-electron chi connectivity index (χ3n) is 4.58. The van der Waals surface area contributed by atoms with Gasteiger partial charge in [-0.25, -0.2) is 0 Å². The van der Waals surface area contributed by atoms with Crippen LogP contribution < -0.4 is 5.32 Å². The number of morpholine rings is 1. The lowest BCUT2D eigenvalue weighted by molar-refractivity contribution is 0.0195. The first-order valence-corrected chi connectivity index (χ1v) is 9.07. The Hall–Kier alpha value is -0.380. The van der Waals surface area contributed by atoms with Crippen LogP contribution in [0, 0.1) is 0 Å². The molecule has 2 heterocycles. The molecule has 1 aromatic rings. The molecule has 5 nitrogen and oxygen atoms in total. The van der Waals surface area contributed by atoms with E-state index >= 15 is 0 Å². The van der Waals surface area contributed by atoms with Crippen molar-refractivity contribution in [2.75, 3.05) is 46.4 Å². The highest BCUT2D eigenvalue weighted by atomic mass is 127. The normalized spacial score (nSPS) is 22.3. The van der Waals surface area contributed by atoms with E-state index in [0.29, 0.717) is 6.04 Å². The van der Waals surface area contributed by atoms with Crippen molar-refractivity contribution in [1.29, 1.82) is 0 Å². The molecule has 0 spiro atoms. The number of nitrogens with one attached hydrogen (secondary N) is 1. The Morgan fingerprint density at radius 1 is 1.33 bits per heavy atom. The number of likely N-dealkylation sites (tertiary alicyclic amines) is 1. The second-order valence-corrected chi connectivity index (χ2v) is 6.98. The number of guanidine groups is 1. The summed E-state index contributed by atoms with van der Waals surface area (Å²) in [4.78, 5) is 9.40. The zero-order chi connectivity index (χ0) is 16.1. The molecule has 0 aliphatic carbocycles. The van der Waals surface area contributed by atoms with Crippen LogP contribution in [-0.2, 0) is 11.3 Å². The number of ether oxygens (including phenoxy) is 1. The van der Waals surface area contributed by atoms with Crippen LogP contribution >= 0.6 is 39.9 Å².